The van der Waals surface area contributed by atoms with Crippen LogP contribution in [0.4, 0.5) is 0 Å². The second-order valence-corrected chi connectivity index (χ2v) is 4.81. The average molecular weight is 294 g/mol. The molecule has 0 spiro atoms. The molecule has 76 valence electrons. The Bertz CT molecular complexity index is 356. The van der Waals surface area contributed by atoms with E-state index in [1.165, 1.54) is 5.56 Å². The summed E-state index contributed by atoms with van der Waals surface area (Å²) >= 11 is 5.06. The summed E-state index contributed by atoms with van der Waals surface area (Å²) in [5.41, 5.74) is 6.83. The molecule has 1 heterocycles. The Labute approximate surface area is 102 Å². The number of rotatable bonds is 1. The lowest BCUT2D eigenvalue weighted by Crippen LogP contribution is -2.01. The van der Waals surface area contributed by atoms with E-state index in [2.05, 4.69) is 33.1 Å². The Balaban J connectivity index is 0.000000980. The second-order valence-electron chi connectivity index (χ2n) is 2.85. The zero-order valence-electron chi connectivity index (χ0n) is 7.31. The molecule has 0 unspecified atom stereocenters. The normalized spacial score (nSPS) is 20.1. The van der Waals surface area contributed by atoms with E-state index in [-0.39, 0.29) is 18.4 Å². The van der Waals surface area contributed by atoms with Crippen LogP contribution in [0.1, 0.15) is 11.6 Å². The molecule has 1 aromatic carbocycles. The molecule has 1 aliphatic heterocycles. The third-order valence-electron chi connectivity index (χ3n) is 1.91. The van der Waals surface area contributed by atoms with Crippen molar-refractivity contribution in [1.29, 1.82) is 0 Å². The van der Waals surface area contributed by atoms with Gasteiger partial charge in [0.25, 0.3) is 0 Å². The Morgan fingerprint density at radius 1 is 1.50 bits per heavy atom. The summed E-state index contributed by atoms with van der Waals surface area (Å²) in [5, 5.41) is 0.699. The predicted octanol–water partition coefficient (Wildman–Crippen LogP) is 2.97. The second kappa shape index (κ2) is 5.05. The van der Waals surface area contributed by atoms with Gasteiger partial charge in [0.15, 0.2) is 5.17 Å². The van der Waals surface area contributed by atoms with E-state index in [0.717, 1.165) is 10.2 Å². The quantitative estimate of drug-likeness (QED) is 0.864. The van der Waals surface area contributed by atoms with Crippen molar-refractivity contribution in [2.75, 3.05) is 5.75 Å². The number of aliphatic imine (C=N–C) groups is 1. The smallest absolute Gasteiger partial charge is 0.154 e. The standard InChI is InChI=1S/C9H9BrN2S.ClH/c10-7-3-1-2-6(4-7)8-5-13-9(11)12-8;/h1-4,8H,5H2,(H2,11,12);1H/t8-;/m1./s1. The van der Waals surface area contributed by atoms with Gasteiger partial charge < -0.3 is 5.73 Å². The molecular weight excluding hydrogens is 284 g/mol. The Morgan fingerprint density at radius 2 is 2.29 bits per heavy atom. The maximum atomic E-state index is 5.60. The SMILES string of the molecule is Cl.NC1=N[C@@H](c2cccc(Br)c2)CS1. The molecule has 0 fully saturated rings. The molecule has 5 heteroatoms. The fraction of sp³-hybridized carbons (Fsp3) is 0.222. The highest BCUT2D eigenvalue weighted by Crippen LogP contribution is 2.29. The molecule has 0 bridgehead atoms. The minimum atomic E-state index is 0. The molecule has 0 radical (unpaired) electrons. The molecule has 14 heavy (non-hydrogen) atoms. The van der Waals surface area contributed by atoms with Crippen molar-refractivity contribution < 1.29 is 0 Å². The molecule has 2 rings (SSSR count). The molecule has 2 N–H and O–H groups in total. The van der Waals surface area contributed by atoms with Crippen molar-refractivity contribution in [1.82, 2.24) is 0 Å². The Kier molecular flexibility index (Phi) is 4.29. The van der Waals surface area contributed by atoms with Gasteiger partial charge in [-0.2, -0.15) is 0 Å². The van der Waals surface area contributed by atoms with Crippen LogP contribution in [-0.4, -0.2) is 10.9 Å². The van der Waals surface area contributed by atoms with E-state index in [0.29, 0.717) is 5.17 Å². The summed E-state index contributed by atoms with van der Waals surface area (Å²) in [7, 11) is 0. The minimum Gasteiger partial charge on any atom is -0.379 e. The number of nitrogens with zero attached hydrogens (tertiary/aromatic N) is 1. The largest absolute Gasteiger partial charge is 0.379 e. The van der Waals surface area contributed by atoms with Crippen LogP contribution >= 0.6 is 40.1 Å². The van der Waals surface area contributed by atoms with Gasteiger partial charge in [-0.15, -0.1) is 12.4 Å². The minimum absolute atomic E-state index is 0. The van der Waals surface area contributed by atoms with Gasteiger partial charge in [-0.05, 0) is 17.7 Å². The van der Waals surface area contributed by atoms with Crippen molar-refractivity contribution in [3.63, 3.8) is 0 Å². The van der Waals surface area contributed by atoms with E-state index in [1.807, 2.05) is 12.1 Å². The van der Waals surface area contributed by atoms with E-state index in [4.69, 9.17) is 5.73 Å². The zero-order chi connectivity index (χ0) is 9.26. The number of hydrogen-bond acceptors (Lipinski definition) is 3. The number of benzene rings is 1. The summed E-state index contributed by atoms with van der Waals surface area (Å²) in [5.74, 6) is 0.961. The summed E-state index contributed by atoms with van der Waals surface area (Å²) < 4.78 is 1.09. The van der Waals surface area contributed by atoms with Crippen molar-refractivity contribution in [3.8, 4) is 0 Å². The predicted molar refractivity (Wildman–Crippen MR) is 68.2 cm³/mol. The molecule has 2 nitrogen and oxygen atoms in total. The molecule has 0 saturated heterocycles. The lowest BCUT2D eigenvalue weighted by Gasteiger charge is -2.05. The van der Waals surface area contributed by atoms with Crippen molar-refractivity contribution in [2.24, 2.45) is 10.7 Å². The van der Waals surface area contributed by atoms with Gasteiger partial charge in [-0.1, -0.05) is 39.8 Å². The number of nitrogens with two attached hydrogens (primary N) is 1. The van der Waals surface area contributed by atoms with Crippen LogP contribution < -0.4 is 5.73 Å². The maximum Gasteiger partial charge on any atom is 0.154 e. The number of halogens is 2. The highest BCUT2D eigenvalue weighted by atomic mass is 79.9. The fourth-order valence-corrected chi connectivity index (χ4v) is 2.49. The van der Waals surface area contributed by atoms with Crippen LogP contribution in [0.5, 0.6) is 0 Å². The van der Waals surface area contributed by atoms with Crippen LogP contribution in [0.2, 0.25) is 0 Å². The van der Waals surface area contributed by atoms with Crippen LogP contribution in [0.15, 0.2) is 33.7 Å². The van der Waals surface area contributed by atoms with E-state index >= 15 is 0 Å². The van der Waals surface area contributed by atoms with Gasteiger partial charge in [0.2, 0.25) is 0 Å². The third kappa shape index (κ3) is 2.65. The van der Waals surface area contributed by atoms with Gasteiger partial charge >= 0.3 is 0 Å². The fourth-order valence-electron chi connectivity index (χ4n) is 1.28. The first-order valence-corrected chi connectivity index (χ1v) is 5.75. The molecule has 0 saturated carbocycles. The van der Waals surface area contributed by atoms with Crippen molar-refractivity contribution in [2.45, 2.75) is 6.04 Å². The third-order valence-corrected chi connectivity index (χ3v) is 3.28. The molecule has 0 aromatic heterocycles. The maximum absolute atomic E-state index is 5.60. The molecule has 1 atom stereocenters. The summed E-state index contributed by atoms with van der Waals surface area (Å²) in [6.45, 7) is 0. The van der Waals surface area contributed by atoms with Gasteiger partial charge in [0.1, 0.15) is 0 Å². The Hall–Kier alpha value is -0.190. The lowest BCUT2D eigenvalue weighted by molar-refractivity contribution is 0.847. The van der Waals surface area contributed by atoms with Gasteiger partial charge in [0.05, 0.1) is 6.04 Å². The highest BCUT2D eigenvalue weighted by molar-refractivity contribution is 9.10. The number of thioether (sulfide) groups is 1. The highest BCUT2D eigenvalue weighted by Gasteiger charge is 2.17. The van der Waals surface area contributed by atoms with Crippen molar-refractivity contribution >= 4 is 45.3 Å². The van der Waals surface area contributed by atoms with E-state index in [1.54, 1.807) is 11.8 Å². The topological polar surface area (TPSA) is 38.4 Å². The first kappa shape index (κ1) is 11.9. The van der Waals surface area contributed by atoms with E-state index in [9.17, 15) is 0 Å². The molecule has 0 aliphatic carbocycles. The monoisotopic (exact) mass is 292 g/mol. The first-order chi connectivity index (χ1) is 6.25. The van der Waals surface area contributed by atoms with Crippen molar-refractivity contribution in [3.05, 3.63) is 34.3 Å². The van der Waals surface area contributed by atoms with Gasteiger partial charge in [0, 0.05) is 10.2 Å². The van der Waals surface area contributed by atoms with Crippen LogP contribution in [0.25, 0.3) is 0 Å². The molecule has 1 aromatic rings. The van der Waals surface area contributed by atoms with Crippen LogP contribution in [-0.2, 0) is 0 Å². The first-order valence-electron chi connectivity index (χ1n) is 3.97. The van der Waals surface area contributed by atoms with Crippen LogP contribution in [0.3, 0.4) is 0 Å². The zero-order valence-corrected chi connectivity index (χ0v) is 10.5. The summed E-state index contributed by atoms with van der Waals surface area (Å²) in [6, 6.07) is 8.44. The van der Waals surface area contributed by atoms with Gasteiger partial charge in [-0.25, -0.2) is 0 Å². The van der Waals surface area contributed by atoms with Crippen LogP contribution in [0, 0.1) is 0 Å². The average Bonchev–Trinajstić information content (AvgIpc) is 2.52. The summed E-state index contributed by atoms with van der Waals surface area (Å²) in [6.07, 6.45) is 0. The summed E-state index contributed by atoms with van der Waals surface area (Å²) in [4.78, 5) is 4.34. The molecular formula is C9H10BrClN2S. The number of amidine groups is 1. The van der Waals surface area contributed by atoms with E-state index < -0.39 is 0 Å². The van der Waals surface area contributed by atoms with Gasteiger partial charge in [-0.3, -0.25) is 4.99 Å². The molecule has 1 aliphatic rings. The lowest BCUT2D eigenvalue weighted by atomic mass is 10.1. The molecule has 0 amide bonds. The Morgan fingerprint density at radius 3 is 2.86 bits per heavy atom. The number of hydrogen-bond donors (Lipinski definition) is 1.